The molecule has 0 aromatic heterocycles. The molecule has 3 rings (SSSR count). The molecule has 0 spiro atoms. The van der Waals surface area contributed by atoms with Crippen LogP contribution in [0.4, 0.5) is 5.69 Å². The molecule has 0 radical (unpaired) electrons. The van der Waals surface area contributed by atoms with Gasteiger partial charge in [-0.1, -0.05) is 40.5 Å². The zero-order valence-electron chi connectivity index (χ0n) is 21.3. The minimum atomic E-state index is -0.418. The Kier molecular flexibility index (Phi) is 11.2. The second kappa shape index (κ2) is 14.5. The first-order valence-corrected chi connectivity index (χ1v) is 13.6. The average Bonchev–Trinajstić information content (AvgIpc) is 2.88. The summed E-state index contributed by atoms with van der Waals surface area (Å²) in [5, 5.41) is 6.89. The van der Waals surface area contributed by atoms with Crippen molar-refractivity contribution in [2.75, 3.05) is 25.1 Å². The third-order valence-electron chi connectivity index (χ3n) is 5.06. The number of hydrazone groups is 1. The topological polar surface area (TPSA) is 98.3 Å². The van der Waals surface area contributed by atoms with E-state index in [9.17, 15) is 9.59 Å². The van der Waals surface area contributed by atoms with Crippen molar-refractivity contribution in [2.45, 2.75) is 27.2 Å². The van der Waals surface area contributed by atoms with Crippen molar-refractivity contribution in [1.82, 2.24) is 5.43 Å². The van der Waals surface area contributed by atoms with Gasteiger partial charge in [-0.2, -0.15) is 5.10 Å². The number of nitrogens with zero attached hydrogens (tertiary/aromatic N) is 1. The maximum absolute atomic E-state index is 12.7. The lowest BCUT2D eigenvalue weighted by Gasteiger charge is -2.13. The highest BCUT2D eigenvalue weighted by molar-refractivity contribution is 9.11. The molecule has 38 heavy (non-hydrogen) atoms. The van der Waals surface area contributed by atoms with Crippen LogP contribution in [-0.2, 0) is 4.79 Å². The minimum absolute atomic E-state index is 0.214. The molecule has 2 amide bonds. The fourth-order valence-corrected chi connectivity index (χ4v) is 4.65. The summed E-state index contributed by atoms with van der Waals surface area (Å²) >= 11 is 6.91. The second-order valence-electron chi connectivity index (χ2n) is 8.15. The third-order valence-corrected chi connectivity index (χ3v) is 6.10. The Hall–Kier alpha value is -3.37. The molecule has 0 aliphatic carbocycles. The van der Waals surface area contributed by atoms with Crippen molar-refractivity contribution in [3.63, 3.8) is 0 Å². The zero-order chi connectivity index (χ0) is 27.5. The molecule has 10 heteroatoms. The van der Waals surface area contributed by atoms with Crippen LogP contribution in [0.3, 0.4) is 0 Å². The lowest BCUT2D eigenvalue weighted by Crippen LogP contribution is -2.21. The van der Waals surface area contributed by atoms with E-state index in [1.807, 2.05) is 45.0 Å². The van der Waals surface area contributed by atoms with Crippen LogP contribution >= 0.6 is 31.9 Å². The fourth-order valence-electron chi connectivity index (χ4n) is 3.27. The number of amides is 2. The van der Waals surface area contributed by atoms with E-state index in [1.54, 1.807) is 30.3 Å². The van der Waals surface area contributed by atoms with Crippen LogP contribution in [0.2, 0.25) is 0 Å². The summed E-state index contributed by atoms with van der Waals surface area (Å²) in [5.74, 6) is 0.755. The number of hydrogen-bond donors (Lipinski definition) is 2. The molecule has 0 aliphatic rings. The van der Waals surface area contributed by atoms with E-state index in [2.05, 4.69) is 47.7 Å². The van der Waals surface area contributed by atoms with Crippen molar-refractivity contribution in [3.05, 3.63) is 80.2 Å². The van der Waals surface area contributed by atoms with Gasteiger partial charge in [0.05, 0.1) is 23.9 Å². The van der Waals surface area contributed by atoms with Crippen LogP contribution in [-0.4, -0.2) is 37.8 Å². The van der Waals surface area contributed by atoms with Crippen molar-refractivity contribution in [2.24, 2.45) is 5.10 Å². The fraction of sp³-hybridized carbons (Fsp3) is 0.250. The number of carbonyl (C=O) groups excluding carboxylic acids is 2. The van der Waals surface area contributed by atoms with E-state index in [1.165, 1.54) is 6.21 Å². The van der Waals surface area contributed by atoms with Gasteiger partial charge in [-0.15, -0.1) is 0 Å². The standard InChI is InChI=1S/C28H29Br2N3O5/c1-4-12-37-24-11-8-19(14-25(24)36-5-2)28(35)33-31-16-20-13-21(29)15-23(30)27(20)38-17-26(34)32-22-9-6-18(3)7-10-22/h6-11,13-16H,4-5,12,17H2,1-3H3,(H,32,34)(H,33,35)/b31-16+. The molecular weight excluding hydrogens is 618 g/mol. The normalized spacial score (nSPS) is 10.8. The average molecular weight is 647 g/mol. The highest BCUT2D eigenvalue weighted by atomic mass is 79.9. The quantitative estimate of drug-likeness (QED) is 0.173. The number of hydrogen-bond acceptors (Lipinski definition) is 6. The molecule has 0 bridgehead atoms. The molecule has 0 saturated heterocycles. The summed E-state index contributed by atoms with van der Waals surface area (Å²) in [6, 6.07) is 16.0. The lowest BCUT2D eigenvalue weighted by molar-refractivity contribution is -0.118. The Balaban J connectivity index is 1.68. The second-order valence-corrected chi connectivity index (χ2v) is 9.92. The van der Waals surface area contributed by atoms with E-state index in [-0.39, 0.29) is 12.5 Å². The van der Waals surface area contributed by atoms with Crippen molar-refractivity contribution in [1.29, 1.82) is 0 Å². The van der Waals surface area contributed by atoms with Gasteiger partial charge in [-0.25, -0.2) is 5.43 Å². The number of benzene rings is 3. The maximum Gasteiger partial charge on any atom is 0.271 e. The number of ether oxygens (including phenoxy) is 3. The number of anilines is 1. The molecule has 3 aromatic rings. The molecule has 0 saturated carbocycles. The van der Waals surface area contributed by atoms with Gasteiger partial charge in [-0.3, -0.25) is 9.59 Å². The van der Waals surface area contributed by atoms with E-state index >= 15 is 0 Å². The summed E-state index contributed by atoms with van der Waals surface area (Å²) in [7, 11) is 0. The van der Waals surface area contributed by atoms with Crippen molar-refractivity contribution < 1.29 is 23.8 Å². The molecule has 0 unspecified atom stereocenters. The first-order valence-electron chi connectivity index (χ1n) is 12.0. The number of nitrogens with one attached hydrogen (secondary N) is 2. The Labute approximate surface area is 239 Å². The molecule has 0 aliphatic heterocycles. The summed E-state index contributed by atoms with van der Waals surface area (Å²) in [6.07, 6.45) is 2.31. The van der Waals surface area contributed by atoms with Gasteiger partial charge in [0.25, 0.3) is 11.8 Å². The Morgan fingerprint density at radius 2 is 1.71 bits per heavy atom. The van der Waals surface area contributed by atoms with Gasteiger partial charge in [0.2, 0.25) is 0 Å². The van der Waals surface area contributed by atoms with Gasteiger partial charge in [0.15, 0.2) is 18.1 Å². The van der Waals surface area contributed by atoms with Gasteiger partial charge in [0, 0.05) is 21.3 Å². The summed E-state index contributed by atoms with van der Waals surface area (Å²) in [6.45, 7) is 6.63. The van der Waals surface area contributed by atoms with Crippen LogP contribution in [0.5, 0.6) is 17.2 Å². The highest BCUT2D eigenvalue weighted by Gasteiger charge is 2.14. The minimum Gasteiger partial charge on any atom is -0.490 e. The van der Waals surface area contributed by atoms with Crippen molar-refractivity contribution >= 4 is 55.6 Å². The van der Waals surface area contributed by atoms with E-state index < -0.39 is 5.91 Å². The van der Waals surface area contributed by atoms with E-state index in [0.29, 0.717) is 51.7 Å². The number of rotatable bonds is 12. The Morgan fingerprint density at radius 3 is 2.42 bits per heavy atom. The van der Waals surface area contributed by atoms with E-state index in [4.69, 9.17) is 14.2 Å². The first-order chi connectivity index (χ1) is 18.3. The van der Waals surface area contributed by atoms with Gasteiger partial charge in [-0.05, 0) is 78.7 Å². The third kappa shape index (κ3) is 8.59. The molecule has 3 aromatic carbocycles. The number of aryl methyl sites for hydroxylation is 1. The molecule has 0 fully saturated rings. The largest absolute Gasteiger partial charge is 0.490 e. The smallest absolute Gasteiger partial charge is 0.271 e. The molecular formula is C28H29Br2N3O5. The van der Waals surface area contributed by atoms with Crippen LogP contribution in [0.15, 0.2) is 68.6 Å². The zero-order valence-corrected chi connectivity index (χ0v) is 24.5. The monoisotopic (exact) mass is 645 g/mol. The lowest BCUT2D eigenvalue weighted by atomic mass is 10.2. The number of halogens is 2. The predicted octanol–water partition coefficient (Wildman–Crippen LogP) is 6.49. The molecule has 200 valence electrons. The SMILES string of the molecule is CCCOc1ccc(C(=O)N/N=C/c2cc(Br)cc(Br)c2OCC(=O)Nc2ccc(C)cc2)cc1OCC. The maximum atomic E-state index is 12.7. The van der Waals surface area contributed by atoms with Crippen LogP contribution in [0.1, 0.15) is 41.8 Å². The van der Waals surface area contributed by atoms with Gasteiger partial charge < -0.3 is 19.5 Å². The molecule has 2 N–H and O–H groups in total. The van der Waals surface area contributed by atoms with E-state index in [0.717, 1.165) is 16.5 Å². The predicted molar refractivity (Wildman–Crippen MR) is 156 cm³/mol. The Morgan fingerprint density at radius 1 is 0.947 bits per heavy atom. The van der Waals surface area contributed by atoms with Gasteiger partial charge in [0.1, 0.15) is 5.75 Å². The van der Waals surface area contributed by atoms with Gasteiger partial charge >= 0.3 is 0 Å². The summed E-state index contributed by atoms with van der Waals surface area (Å²) in [4.78, 5) is 25.1. The highest BCUT2D eigenvalue weighted by Crippen LogP contribution is 2.32. The molecule has 0 heterocycles. The van der Waals surface area contributed by atoms with Crippen LogP contribution in [0.25, 0.3) is 0 Å². The van der Waals surface area contributed by atoms with Crippen LogP contribution in [0, 0.1) is 6.92 Å². The number of carbonyl (C=O) groups is 2. The Bertz CT molecular complexity index is 1300. The summed E-state index contributed by atoms with van der Waals surface area (Å²) in [5.41, 5.74) is 5.22. The summed E-state index contributed by atoms with van der Waals surface area (Å²) < 4.78 is 18.5. The van der Waals surface area contributed by atoms with Crippen molar-refractivity contribution in [3.8, 4) is 17.2 Å². The first kappa shape index (κ1) is 29.2. The molecule has 8 nitrogen and oxygen atoms in total. The molecule has 0 atom stereocenters. The van der Waals surface area contributed by atoms with Crippen LogP contribution < -0.4 is 25.0 Å².